The lowest BCUT2D eigenvalue weighted by molar-refractivity contribution is 0.106. The van der Waals surface area contributed by atoms with Crippen LogP contribution in [0, 0.1) is 17.8 Å². The van der Waals surface area contributed by atoms with Gasteiger partial charge in [-0.3, -0.25) is 4.98 Å². The summed E-state index contributed by atoms with van der Waals surface area (Å²) in [6.07, 6.45) is 7.20. The molecule has 1 heterocycles. The molecular formula is C16H17NO. The number of rotatable bonds is 2. The molecule has 3 atom stereocenters. The topological polar surface area (TPSA) is 33.1 Å². The van der Waals surface area contributed by atoms with E-state index in [1.54, 1.807) is 0 Å². The summed E-state index contributed by atoms with van der Waals surface area (Å²) in [6, 6.07) is 8.19. The number of aliphatic hydroxyl groups is 1. The summed E-state index contributed by atoms with van der Waals surface area (Å²) in [4.78, 5) is 4.20. The van der Waals surface area contributed by atoms with Gasteiger partial charge in [0.2, 0.25) is 0 Å². The van der Waals surface area contributed by atoms with E-state index >= 15 is 0 Å². The van der Waals surface area contributed by atoms with Crippen LogP contribution >= 0.6 is 0 Å². The number of aromatic nitrogens is 1. The first kappa shape index (κ1) is 10.5. The average molecular weight is 239 g/mol. The van der Waals surface area contributed by atoms with Crippen LogP contribution in [0.2, 0.25) is 0 Å². The van der Waals surface area contributed by atoms with Gasteiger partial charge in [0.05, 0.1) is 6.10 Å². The number of nitrogens with zero attached hydrogens (tertiary/aromatic N) is 1. The molecular weight excluding hydrogens is 222 g/mol. The van der Waals surface area contributed by atoms with Crippen molar-refractivity contribution in [3.63, 3.8) is 0 Å². The molecule has 1 aromatic heterocycles. The van der Waals surface area contributed by atoms with Gasteiger partial charge in [-0.05, 0) is 54.0 Å². The van der Waals surface area contributed by atoms with E-state index in [1.165, 1.54) is 24.6 Å². The van der Waals surface area contributed by atoms with Gasteiger partial charge in [-0.15, -0.1) is 0 Å². The third-order valence-corrected chi connectivity index (χ3v) is 4.76. The molecule has 0 radical (unpaired) electrons. The second-order valence-corrected chi connectivity index (χ2v) is 5.88. The molecule has 0 saturated heterocycles. The molecule has 2 heteroatoms. The maximum atomic E-state index is 10.6. The SMILES string of the molecule is OC(c1cccc2ccncc12)C1CC2CC2C1. The summed E-state index contributed by atoms with van der Waals surface area (Å²) in [7, 11) is 0. The lowest BCUT2D eigenvalue weighted by Gasteiger charge is -2.21. The first-order valence-corrected chi connectivity index (χ1v) is 6.83. The van der Waals surface area contributed by atoms with Crippen LogP contribution in [0.4, 0.5) is 0 Å². The predicted octanol–water partition coefficient (Wildman–Crippen LogP) is 3.31. The fourth-order valence-corrected chi connectivity index (χ4v) is 3.67. The van der Waals surface area contributed by atoms with Crippen LogP contribution in [0.25, 0.3) is 10.8 Å². The van der Waals surface area contributed by atoms with Crippen LogP contribution < -0.4 is 0 Å². The van der Waals surface area contributed by atoms with E-state index in [9.17, 15) is 5.11 Å². The van der Waals surface area contributed by atoms with Crippen LogP contribution in [0.3, 0.4) is 0 Å². The van der Waals surface area contributed by atoms with Crippen molar-refractivity contribution in [2.45, 2.75) is 25.4 Å². The molecule has 18 heavy (non-hydrogen) atoms. The Morgan fingerprint density at radius 1 is 1.11 bits per heavy atom. The van der Waals surface area contributed by atoms with Crippen molar-refractivity contribution in [3.8, 4) is 0 Å². The summed E-state index contributed by atoms with van der Waals surface area (Å²) in [6.45, 7) is 0. The molecule has 0 bridgehead atoms. The van der Waals surface area contributed by atoms with E-state index < -0.39 is 0 Å². The fourth-order valence-electron chi connectivity index (χ4n) is 3.67. The van der Waals surface area contributed by atoms with E-state index in [0.29, 0.717) is 5.92 Å². The van der Waals surface area contributed by atoms with Crippen molar-refractivity contribution in [1.82, 2.24) is 4.98 Å². The molecule has 0 amide bonds. The summed E-state index contributed by atoms with van der Waals surface area (Å²) < 4.78 is 0. The zero-order valence-electron chi connectivity index (χ0n) is 10.3. The van der Waals surface area contributed by atoms with Gasteiger partial charge in [-0.2, -0.15) is 0 Å². The molecule has 3 unspecified atom stereocenters. The van der Waals surface area contributed by atoms with Crippen LogP contribution in [-0.4, -0.2) is 10.1 Å². The fraction of sp³-hybridized carbons (Fsp3) is 0.438. The van der Waals surface area contributed by atoms with Gasteiger partial charge in [0.25, 0.3) is 0 Å². The van der Waals surface area contributed by atoms with Gasteiger partial charge >= 0.3 is 0 Å². The van der Waals surface area contributed by atoms with E-state index in [-0.39, 0.29) is 6.10 Å². The molecule has 2 nitrogen and oxygen atoms in total. The molecule has 2 aromatic rings. The van der Waals surface area contributed by atoms with E-state index in [1.807, 2.05) is 24.5 Å². The minimum atomic E-state index is -0.314. The van der Waals surface area contributed by atoms with Gasteiger partial charge < -0.3 is 5.11 Å². The Morgan fingerprint density at radius 2 is 1.94 bits per heavy atom. The highest BCUT2D eigenvalue weighted by Gasteiger charge is 2.47. The van der Waals surface area contributed by atoms with Crippen molar-refractivity contribution < 1.29 is 5.11 Å². The number of benzene rings is 1. The lowest BCUT2D eigenvalue weighted by atomic mass is 9.89. The highest BCUT2D eigenvalue weighted by molar-refractivity contribution is 5.85. The van der Waals surface area contributed by atoms with Crippen molar-refractivity contribution in [1.29, 1.82) is 0 Å². The molecule has 2 aliphatic carbocycles. The number of aliphatic hydroxyl groups excluding tert-OH is 1. The number of hydrogen-bond donors (Lipinski definition) is 1. The van der Waals surface area contributed by atoms with Crippen LogP contribution in [-0.2, 0) is 0 Å². The minimum Gasteiger partial charge on any atom is -0.388 e. The van der Waals surface area contributed by atoms with Gasteiger partial charge in [0.15, 0.2) is 0 Å². The van der Waals surface area contributed by atoms with Crippen molar-refractivity contribution >= 4 is 10.8 Å². The highest BCUT2D eigenvalue weighted by Crippen LogP contribution is 2.57. The number of pyridine rings is 1. The molecule has 0 spiro atoms. The molecule has 92 valence electrons. The van der Waals surface area contributed by atoms with Crippen LogP contribution in [0.1, 0.15) is 30.9 Å². The Balaban J connectivity index is 1.72. The maximum absolute atomic E-state index is 10.6. The lowest BCUT2D eigenvalue weighted by Crippen LogP contribution is -2.11. The predicted molar refractivity (Wildman–Crippen MR) is 71.0 cm³/mol. The maximum Gasteiger partial charge on any atom is 0.0824 e. The normalized spacial score (nSPS) is 31.3. The third kappa shape index (κ3) is 1.56. The first-order valence-electron chi connectivity index (χ1n) is 6.83. The van der Waals surface area contributed by atoms with Crippen LogP contribution in [0.5, 0.6) is 0 Å². The molecule has 1 aromatic carbocycles. The van der Waals surface area contributed by atoms with Crippen molar-refractivity contribution in [3.05, 3.63) is 42.2 Å². The van der Waals surface area contributed by atoms with Gasteiger partial charge in [0.1, 0.15) is 0 Å². The summed E-state index contributed by atoms with van der Waals surface area (Å²) in [5.41, 5.74) is 1.06. The monoisotopic (exact) mass is 239 g/mol. The standard InChI is InChI=1S/C16H17NO/c18-16(13-7-11-6-12(11)8-13)14-3-1-2-10-4-5-17-9-15(10)14/h1-5,9,11-13,16,18H,6-8H2. The zero-order chi connectivity index (χ0) is 12.1. The quantitative estimate of drug-likeness (QED) is 0.872. The van der Waals surface area contributed by atoms with Gasteiger partial charge in [-0.1, -0.05) is 18.2 Å². The summed E-state index contributed by atoms with van der Waals surface area (Å²) in [5, 5.41) is 12.9. The van der Waals surface area contributed by atoms with E-state index in [4.69, 9.17) is 0 Å². The molecule has 1 N–H and O–H groups in total. The molecule has 4 rings (SSSR count). The number of hydrogen-bond acceptors (Lipinski definition) is 2. The second kappa shape index (κ2) is 3.79. The summed E-state index contributed by atoms with van der Waals surface area (Å²) in [5.74, 6) is 2.29. The molecule has 2 aliphatic rings. The summed E-state index contributed by atoms with van der Waals surface area (Å²) >= 11 is 0. The van der Waals surface area contributed by atoms with Crippen molar-refractivity contribution in [2.24, 2.45) is 17.8 Å². The number of fused-ring (bicyclic) bond motifs is 2. The second-order valence-electron chi connectivity index (χ2n) is 5.88. The Kier molecular flexibility index (Phi) is 2.21. The Bertz CT molecular complexity index is 579. The smallest absolute Gasteiger partial charge is 0.0824 e. The highest BCUT2D eigenvalue weighted by atomic mass is 16.3. The minimum absolute atomic E-state index is 0.314. The van der Waals surface area contributed by atoms with Crippen LogP contribution in [0.15, 0.2) is 36.7 Å². The Hall–Kier alpha value is -1.41. The van der Waals surface area contributed by atoms with E-state index in [0.717, 1.165) is 22.8 Å². The molecule has 0 aliphatic heterocycles. The Morgan fingerprint density at radius 3 is 2.78 bits per heavy atom. The largest absolute Gasteiger partial charge is 0.388 e. The van der Waals surface area contributed by atoms with Gasteiger partial charge in [-0.25, -0.2) is 0 Å². The molecule has 2 saturated carbocycles. The van der Waals surface area contributed by atoms with Gasteiger partial charge in [0, 0.05) is 17.8 Å². The Labute approximate surface area is 107 Å². The van der Waals surface area contributed by atoms with E-state index in [2.05, 4.69) is 17.1 Å². The van der Waals surface area contributed by atoms with Crippen molar-refractivity contribution in [2.75, 3.05) is 0 Å². The average Bonchev–Trinajstić information content (AvgIpc) is 3.04. The first-order chi connectivity index (χ1) is 8.83. The molecule has 2 fully saturated rings. The third-order valence-electron chi connectivity index (χ3n) is 4.76. The zero-order valence-corrected chi connectivity index (χ0v) is 10.3.